The maximum atomic E-state index is 15.1. The van der Waals surface area contributed by atoms with E-state index in [4.69, 9.17) is 17.3 Å². The average Bonchev–Trinajstić information content (AvgIpc) is 3.05. The number of aromatic nitrogens is 1. The standard InChI is InChI=1S/C29H31ClF3N5O3S/c30-19-5-3-17(4-6-19)27(18-10-20(31)12-21(32)11-18)28(34)29(39)37-26-15-35-14-25(33)24(26)8-7-23-13-36-22-2-1-9-42(40,41)38(23)16-22/h3-6,10-12,14-15,22-23,27-28,36H,1-2,7-9,13,16,34H2,(H,37,39). The third-order valence-corrected chi connectivity index (χ3v) is 10.1. The van der Waals surface area contributed by atoms with Crippen molar-refractivity contribution in [3.05, 3.63) is 94.0 Å². The molecule has 3 aromatic rings. The molecule has 5 unspecified atom stereocenters. The van der Waals surface area contributed by atoms with Gasteiger partial charge in [-0.25, -0.2) is 21.6 Å². The maximum absolute atomic E-state index is 15.1. The smallest absolute Gasteiger partial charge is 0.242 e. The number of piperazine rings is 1. The molecular weight excluding hydrogens is 591 g/mol. The molecule has 224 valence electrons. The normalized spacial score (nSPS) is 23.0. The molecule has 5 atom stereocenters. The van der Waals surface area contributed by atoms with Gasteiger partial charge in [-0.2, -0.15) is 4.31 Å². The molecule has 0 spiro atoms. The number of carbonyl (C=O) groups excluding carboxylic acids is 1. The molecule has 8 nitrogen and oxygen atoms in total. The van der Waals surface area contributed by atoms with Gasteiger partial charge in [-0.3, -0.25) is 9.78 Å². The molecule has 2 saturated heterocycles. The number of rotatable bonds is 8. The van der Waals surface area contributed by atoms with Crippen LogP contribution in [0.4, 0.5) is 18.9 Å². The minimum atomic E-state index is -3.43. The van der Waals surface area contributed by atoms with E-state index in [-0.39, 0.29) is 41.1 Å². The van der Waals surface area contributed by atoms with Gasteiger partial charge in [-0.1, -0.05) is 23.7 Å². The third kappa shape index (κ3) is 6.78. The number of fused-ring (bicyclic) bond motifs is 2. The number of nitrogens with zero attached hydrogens (tertiary/aromatic N) is 2. The van der Waals surface area contributed by atoms with Gasteiger partial charge in [0.1, 0.15) is 17.5 Å². The van der Waals surface area contributed by atoms with Crippen molar-refractivity contribution in [1.29, 1.82) is 0 Å². The number of sulfonamides is 1. The number of hydrogen-bond donors (Lipinski definition) is 3. The van der Waals surface area contributed by atoms with Crippen LogP contribution in [-0.4, -0.2) is 60.6 Å². The largest absolute Gasteiger partial charge is 0.323 e. The van der Waals surface area contributed by atoms with Crippen LogP contribution in [0.5, 0.6) is 0 Å². The zero-order valence-electron chi connectivity index (χ0n) is 22.6. The van der Waals surface area contributed by atoms with E-state index in [1.54, 1.807) is 24.3 Å². The molecule has 1 amide bonds. The van der Waals surface area contributed by atoms with Crippen molar-refractivity contribution < 1.29 is 26.4 Å². The summed E-state index contributed by atoms with van der Waals surface area (Å²) in [6, 6.07) is 7.66. The first-order chi connectivity index (χ1) is 20.0. The van der Waals surface area contributed by atoms with E-state index < -0.39 is 45.3 Å². The van der Waals surface area contributed by atoms with Gasteiger partial charge in [-0.15, -0.1) is 0 Å². The first-order valence-corrected chi connectivity index (χ1v) is 15.6. The second kappa shape index (κ2) is 12.7. The van der Waals surface area contributed by atoms with Gasteiger partial charge in [-0.05, 0) is 61.1 Å². The second-order valence-electron chi connectivity index (χ2n) is 10.7. The third-order valence-electron chi connectivity index (χ3n) is 7.89. The molecule has 0 aliphatic carbocycles. The summed E-state index contributed by atoms with van der Waals surface area (Å²) in [5, 5.41) is 6.45. The molecule has 2 aliphatic rings. The molecule has 2 aliphatic heterocycles. The fraction of sp³-hybridized carbons (Fsp3) is 0.379. The number of halogens is 4. The first-order valence-electron chi connectivity index (χ1n) is 13.6. The number of nitrogens with two attached hydrogens (primary N) is 1. The van der Waals surface area contributed by atoms with Crippen molar-refractivity contribution in [2.45, 2.75) is 49.7 Å². The molecule has 2 fully saturated rings. The van der Waals surface area contributed by atoms with Crippen LogP contribution >= 0.6 is 11.6 Å². The minimum Gasteiger partial charge on any atom is -0.323 e. The number of hydrogen-bond acceptors (Lipinski definition) is 6. The van der Waals surface area contributed by atoms with E-state index in [0.717, 1.165) is 30.8 Å². The molecular formula is C29H31ClF3N5O3S. The Morgan fingerprint density at radius 1 is 1.12 bits per heavy atom. The van der Waals surface area contributed by atoms with Gasteiger partial charge in [0.25, 0.3) is 0 Å². The summed E-state index contributed by atoms with van der Waals surface area (Å²) in [6.45, 7) is 0.813. The van der Waals surface area contributed by atoms with Crippen LogP contribution < -0.4 is 16.4 Å². The fourth-order valence-corrected chi connectivity index (χ4v) is 7.71. The SMILES string of the molecule is NC(C(=O)Nc1cncc(F)c1CCC1CNC2CCCS(=O)(=O)N1C2)C(c1ccc(Cl)cc1)c1cc(F)cc(F)c1. The van der Waals surface area contributed by atoms with Gasteiger partial charge in [0.05, 0.1) is 29.9 Å². The summed E-state index contributed by atoms with van der Waals surface area (Å²) < 4.78 is 70.6. The van der Waals surface area contributed by atoms with Crippen LogP contribution in [-0.2, 0) is 21.2 Å². The molecule has 0 radical (unpaired) electrons. The number of pyridine rings is 1. The van der Waals surface area contributed by atoms with Crippen LogP contribution in [0.2, 0.25) is 5.02 Å². The highest BCUT2D eigenvalue weighted by Crippen LogP contribution is 2.31. The quantitative estimate of drug-likeness (QED) is 0.351. The Balaban J connectivity index is 1.38. The van der Waals surface area contributed by atoms with E-state index in [0.29, 0.717) is 36.5 Å². The lowest BCUT2D eigenvalue weighted by molar-refractivity contribution is -0.117. The lowest BCUT2D eigenvalue weighted by Gasteiger charge is -2.37. The van der Waals surface area contributed by atoms with E-state index in [1.165, 1.54) is 10.5 Å². The van der Waals surface area contributed by atoms with E-state index >= 15 is 4.39 Å². The number of amides is 1. The number of carbonyl (C=O) groups is 1. The molecule has 42 heavy (non-hydrogen) atoms. The zero-order chi connectivity index (χ0) is 30.0. The zero-order valence-corrected chi connectivity index (χ0v) is 24.1. The van der Waals surface area contributed by atoms with Gasteiger partial charge < -0.3 is 16.4 Å². The molecule has 4 N–H and O–H groups in total. The number of benzene rings is 2. The maximum Gasteiger partial charge on any atom is 0.242 e. The molecule has 3 heterocycles. The van der Waals surface area contributed by atoms with E-state index in [2.05, 4.69) is 15.6 Å². The Morgan fingerprint density at radius 2 is 1.83 bits per heavy atom. The van der Waals surface area contributed by atoms with E-state index in [9.17, 15) is 22.0 Å². The Kier molecular flexibility index (Phi) is 9.19. The predicted octanol–water partition coefficient (Wildman–Crippen LogP) is 3.95. The molecule has 1 aromatic heterocycles. The fourth-order valence-electron chi connectivity index (χ4n) is 5.78. The summed E-state index contributed by atoms with van der Waals surface area (Å²) in [5.74, 6) is -3.94. The van der Waals surface area contributed by atoms with E-state index in [1.807, 2.05) is 0 Å². The Bertz CT molecular complexity index is 1540. The summed E-state index contributed by atoms with van der Waals surface area (Å²) in [6.07, 6.45) is 4.10. The van der Waals surface area contributed by atoms with Crippen LogP contribution in [0.15, 0.2) is 54.9 Å². The van der Waals surface area contributed by atoms with Gasteiger partial charge in [0.15, 0.2) is 0 Å². The molecule has 5 rings (SSSR count). The average molecular weight is 622 g/mol. The molecule has 2 bridgehead atoms. The van der Waals surface area contributed by atoms with Crippen LogP contribution in [0.25, 0.3) is 0 Å². The summed E-state index contributed by atoms with van der Waals surface area (Å²) in [4.78, 5) is 17.3. The first kappa shape index (κ1) is 30.4. The minimum absolute atomic E-state index is 0.0779. The number of anilines is 1. The molecule has 13 heteroatoms. The molecule has 2 aromatic carbocycles. The van der Waals surface area contributed by atoms with Crippen molar-refractivity contribution in [2.75, 3.05) is 24.2 Å². The van der Waals surface area contributed by atoms with Crippen molar-refractivity contribution >= 4 is 33.2 Å². The van der Waals surface area contributed by atoms with Crippen molar-refractivity contribution in [3.63, 3.8) is 0 Å². The van der Waals surface area contributed by atoms with Crippen LogP contribution in [0, 0.1) is 17.5 Å². The lowest BCUT2D eigenvalue weighted by atomic mass is 9.84. The second-order valence-corrected chi connectivity index (χ2v) is 13.2. The van der Waals surface area contributed by atoms with Crippen molar-refractivity contribution in [2.24, 2.45) is 5.73 Å². The monoisotopic (exact) mass is 621 g/mol. The Labute approximate surface area is 247 Å². The summed E-state index contributed by atoms with van der Waals surface area (Å²) in [7, 11) is -3.43. The predicted molar refractivity (Wildman–Crippen MR) is 154 cm³/mol. The van der Waals surface area contributed by atoms with Crippen molar-refractivity contribution in [3.8, 4) is 0 Å². The number of nitrogens with one attached hydrogen (secondary N) is 2. The Morgan fingerprint density at radius 3 is 2.55 bits per heavy atom. The summed E-state index contributed by atoms with van der Waals surface area (Å²) in [5.41, 5.74) is 7.27. The van der Waals surface area contributed by atoms with Crippen LogP contribution in [0.3, 0.4) is 0 Å². The van der Waals surface area contributed by atoms with Gasteiger partial charge in [0.2, 0.25) is 15.9 Å². The topological polar surface area (TPSA) is 117 Å². The highest BCUT2D eigenvalue weighted by molar-refractivity contribution is 7.89. The Hall–Kier alpha value is -3.03. The highest BCUT2D eigenvalue weighted by atomic mass is 35.5. The van der Waals surface area contributed by atoms with Gasteiger partial charge in [0, 0.05) is 47.7 Å². The highest BCUT2D eigenvalue weighted by Gasteiger charge is 2.38. The molecule has 0 saturated carbocycles. The van der Waals surface area contributed by atoms with Crippen LogP contribution in [0.1, 0.15) is 41.9 Å². The lowest BCUT2D eigenvalue weighted by Crippen LogP contribution is -2.57. The van der Waals surface area contributed by atoms with Gasteiger partial charge >= 0.3 is 0 Å². The van der Waals surface area contributed by atoms with Crippen molar-refractivity contribution in [1.82, 2.24) is 14.6 Å². The summed E-state index contributed by atoms with van der Waals surface area (Å²) >= 11 is 6.02.